The molecule has 0 bridgehead atoms. The van der Waals surface area contributed by atoms with Crippen LogP contribution in [0.25, 0.3) is 11.5 Å². The number of aromatic nitrogens is 2. The van der Waals surface area contributed by atoms with Crippen LogP contribution in [0.5, 0.6) is 5.75 Å². The van der Waals surface area contributed by atoms with Gasteiger partial charge in [0.2, 0.25) is 17.7 Å². The van der Waals surface area contributed by atoms with Crippen molar-refractivity contribution in [2.75, 3.05) is 0 Å². The molecule has 172 valence electrons. The molecule has 0 aliphatic rings. The van der Waals surface area contributed by atoms with E-state index < -0.39 is 24.0 Å². The topological polar surface area (TPSA) is 103 Å². The van der Waals surface area contributed by atoms with Crippen molar-refractivity contribution in [3.63, 3.8) is 0 Å². The maximum atomic E-state index is 13.6. The summed E-state index contributed by atoms with van der Waals surface area (Å²) in [6, 6.07) is 9.47. The molecule has 2 aromatic carbocycles. The Labute approximate surface area is 186 Å². The van der Waals surface area contributed by atoms with E-state index in [0.717, 1.165) is 23.3 Å². The fourth-order valence-corrected chi connectivity index (χ4v) is 2.82. The molecule has 1 aromatic heterocycles. The first-order valence-electron chi connectivity index (χ1n) is 9.08. The summed E-state index contributed by atoms with van der Waals surface area (Å²) < 4.78 is 60.2. The van der Waals surface area contributed by atoms with Crippen LogP contribution in [0, 0.1) is 5.82 Å². The van der Waals surface area contributed by atoms with Gasteiger partial charge in [0.1, 0.15) is 6.04 Å². The van der Waals surface area contributed by atoms with Crippen LogP contribution in [-0.2, 0) is 17.8 Å². The first-order chi connectivity index (χ1) is 14.6. The lowest BCUT2D eigenvalue weighted by molar-refractivity contribution is -0.275. The van der Waals surface area contributed by atoms with Gasteiger partial charge in [-0.05, 0) is 29.3 Å². The van der Waals surface area contributed by atoms with Crippen LogP contribution < -0.4 is 15.8 Å². The molecule has 0 aliphatic heterocycles. The van der Waals surface area contributed by atoms with E-state index in [1.54, 1.807) is 0 Å². The van der Waals surface area contributed by atoms with E-state index in [1.165, 1.54) is 13.0 Å². The standard InChI is InChI=1S/C20H18F4N4O3.ClH/c1-11(29)26-16(8-12-2-4-13(10-25)5-3-12)19-28-27-18(30-19)14-6-7-15(21)17(9-14)31-20(22,23)24;/h2-7,9,16H,8,10,25H2,1H3,(H,26,29);1H. The Morgan fingerprint density at radius 3 is 2.41 bits per heavy atom. The molecule has 1 unspecified atom stereocenters. The van der Waals surface area contributed by atoms with E-state index >= 15 is 0 Å². The van der Waals surface area contributed by atoms with Crippen molar-refractivity contribution in [3.8, 4) is 17.2 Å². The molecular formula is C20H19ClF4N4O3. The number of alkyl halides is 3. The van der Waals surface area contributed by atoms with Crippen LogP contribution in [-0.4, -0.2) is 22.5 Å². The third-order valence-electron chi connectivity index (χ3n) is 4.22. The molecule has 0 fully saturated rings. The summed E-state index contributed by atoms with van der Waals surface area (Å²) in [7, 11) is 0. The number of nitrogens with one attached hydrogen (secondary N) is 1. The zero-order valence-corrected chi connectivity index (χ0v) is 17.5. The monoisotopic (exact) mass is 474 g/mol. The van der Waals surface area contributed by atoms with E-state index in [2.05, 4.69) is 20.3 Å². The van der Waals surface area contributed by atoms with E-state index in [9.17, 15) is 22.4 Å². The van der Waals surface area contributed by atoms with E-state index in [0.29, 0.717) is 13.0 Å². The largest absolute Gasteiger partial charge is 0.573 e. The summed E-state index contributed by atoms with van der Waals surface area (Å²) in [4.78, 5) is 11.6. The Balaban J connectivity index is 0.00000363. The lowest BCUT2D eigenvalue weighted by Gasteiger charge is -2.14. The van der Waals surface area contributed by atoms with Gasteiger partial charge >= 0.3 is 6.36 Å². The van der Waals surface area contributed by atoms with Crippen molar-refractivity contribution in [3.05, 3.63) is 65.3 Å². The van der Waals surface area contributed by atoms with Gasteiger partial charge in [0, 0.05) is 25.5 Å². The van der Waals surface area contributed by atoms with Crippen LogP contribution >= 0.6 is 12.4 Å². The first kappa shape index (κ1) is 25.1. The van der Waals surface area contributed by atoms with E-state index in [4.69, 9.17) is 10.2 Å². The summed E-state index contributed by atoms with van der Waals surface area (Å²) >= 11 is 0. The third kappa shape index (κ3) is 6.66. The number of benzene rings is 2. The fourth-order valence-electron chi connectivity index (χ4n) is 2.82. The Hall–Kier alpha value is -3.18. The molecule has 3 aromatic rings. The minimum Gasteiger partial charge on any atom is -0.418 e. The zero-order valence-electron chi connectivity index (χ0n) is 16.6. The maximum absolute atomic E-state index is 13.6. The SMILES string of the molecule is CC(=O)NC(Cc1ccc(CN)cc1)c1nnc(-c2ccc(F)c(OC(F)(F)F)c2)o1.Cl. The second-order valence-corrected chi connectivity index (χ2v) is 6.62. The molecule has 7 nitrogen and oxygen atoms in total. The van der Waals surface area contributed by atoms with Crippen molar-refractivity contribution in [2.24, 2.45) is 5.73 Å². The number of nitrogens with zero attached hydrogens (tertiary/aromatic N) is 2. The second-order valence-electron chi connectivity index (χ2n) is 6.62. The van der Waals surface area contributed by atoms with Crippen molar-refractivity contribution < 1.29 is 31.5 Å². The summed E-state index contributed by atoms with van der Waals surface area (Å²) in [6.45, 7) is 1.71. The number of rotatable bonds is 7. The normalized spacial score (nSPS) is 12.1. The molecule has 3 N–H and O–H groups in total. The Bertz CT molecular complexity index is 1060. The van der Waals surface area contributed by atoms with Gasteiger partial charge < -0.3 is 20.2 Å². The molecule has 32 heavy (non-hydrogen) atoms. The minimum absolute atomic E-state index is 0. The van der Waals surface area contributed by atoms with Gasteiger partial charge in [0.25, 0.3) is 0 Å². The number of halogens is 5. The fraction of sp³-hybridized carbons (Fsp3) is 0.250. The summed E-state index contributed by atoms with van der Waals surface area (Å²) in [5.41, 5.74) is 7.40. The Morgan fingerprint density at radius 2 is 1.81 bits per heavy atom. The molecule has 1 atom stereocenters. The van der Waals surface area contributed by atoms with Gasteiger partial charge in [-0.2, -0.15) is 0 Å². The molecule has 1 amide bonds. The highest BCUT2D eigenvalue weighted by atomic mass is 35.5. The van der Waals surface area contributed by atoms with Crippen LogP contribution in [0.15, 0.2) is 46.9 Å². The molecule has 0 saturated carbocycles. The van der Waals surface area contributed by atoms with Gasteiger partial charge in [-0.25, -0.2) is 4.39 Å². The number of hydrogen-bond donors (Lipinski definition) is 2. The summed E-state index contributed by atoms with van der Waals surface area (Å²) in [5.74, 6) is -2.68. The zero-order chi connectivity index (χ0) is 22.6. The number of ether oxygens (including phenoxy) is 1. The predicted octanol–water partition coefficient (Wildman–Crippen LogP) is 4.07. The summed E-state index contributed by atoms with van der Waals surface area (Å²) in [5, 5.41) is 10.4. The minimum atomic E-state index is -5.06. The van der Waals surface area contributed by atoms with Crippen LogP contribution in [0.4, 0.5) is 17.6 Å². The van der Waals surface area contributed by atoms with Gasteiger partial charge in [-0.1, -0.05) is 24.3 Å². The second kappa shape index (κ2) is 10.4. The first-order valence-corrected chi connectivity index (χ1v) is 9.08. The van der Waals surface area contributed by atoms with E-state index in [-0.39, 0.29) is 35.7 Å². The molecule has 12 heteroatoms. The molecular weight excluding hydrogens is 456 g/mol. The Kier molecular flexibility index (Phi) is 8.17. The highest BCUT2D eigenvalue weighted by Crippen LogP contribution is 2.31. The average molecular weight is 475 g/mol. The highest BCUT2D eigenvalue weighted by molar-refractivity contribution is 5.85. The van der Waals surface area contributed by atoms with Crippen LogP contribution in [0.2, 0.25) is 0 Å². The number of carbonyl (C=O) groups excluding carboxylic acids is 1. The molecule has 0 aliphatic carbocycles. The molecule has 3 rings (SSSR count). The molecule has 1 heterocycles. The van der Waals surface area contributed by atoms with Crippen LogP contribution in [0.1, 0.15) is 30.0 Å². The van der Waals surface area contributed by atoms with Crippen molar-refractivity contribution in [1.82, 2.24) is 15.5 Å². The highest BCUT2D eigenvalue weighted by Gasteiger charge is 2.32. The molecule has 0 saturated heterocycles. The number of amides is 1. The number of hydrogen-bond acceptors (Lipinski definition) is 6. The third-order valence-corrected chi connectivity index (χ3v) is 4.22. The van der Waals surface area contributed by atoms with Crippen LogP contribution in [0.3, 0.4) is 0 Å². The smallest absolute Gasteiger partial charge is 0.418 e. The molecule has 0 radical (unpaired) electrons. The van der Waals surface area contributed by atoms with E-state index in [1.807, 2.05) is 24.3 Å². The van der Waals surface area contributed by atoms with Crippen molar-refractivity contribution >= 4 is 18.3 Å². The average Bonchev–Trinajstić information content (AvgIpc) is 3.18. The van der Waals surface area contributed by atoms with Gasteiger partial charge in [-0.3, -0.25) is 4.79 Å². The lowest BCUT2D eigenvalue weighted by Crippen LogP contribution is -2.28. The quantitative estimate of drug-likeness (QED) is 0.500. The maximum Gasteiger partial charge on any atom is 0.573 e. The number of carbonyl (C=O) groups is 1. The van der Waals surface area contributed by atoms with Gasteiger partial charge in [0.05, 0.1) is 0 Å². The summed E-state index contributed by atoms with van der Waals surface area (Å²) in [6.07, 6.45) is -4.74. The van der Waals surface area contributed by atoms with Crippen molar-refractivity contribution in [1.29, 1.82) is 0 Å². The number of nitrogens with two attached hydrogens (primary N) is 1. The van der Waals surface area contributed by atoms with Crippen molar-refractivity contribution in [2.45, 2.75) is 32.3 Å². The lowest BCUT2D eigenvalue weighted by atomic mass is 10.0. The van der Waals surface area contributed by atoms with Gasteiger partial charge in [0.15, 0.2) is 11.6 Å². The molecule has 0 spiro atoms. The Morgan fingerprint density at radius 1 is 1.16 bits per heavy atom. The van der Waals surface area contributed by atoms with Gasteiger partial charge in [-0.15, -0.1) is 35.8 Å². The predicted molar refractivity (Wildman–Crippen MR) is 108 cm³/mol.